The van der Waals surface area contributed by atoms with Crippen LogP contribution in [0.3, 0.4) is 0 Å². The number of carbonyl (C=O) groups excluding carboxylic acids is 3. The largest absolute Gasteiger partial charge is 0.325 e. The molecule has 4 aromatic carbocycles. The van der Waals surface area contributed by atoms with Gasteiger partial charge in [0, 0.05) is 5.69 Å². The molecule has 160 valence electrons. The monoisotopic (exact) mass is 432 g/mol. The van der Waals surface area contributed by atoms with Crippen molar-refractivity contribution in [1.29, 1.82) is 0 Å². The molecule has 1 aliphatic rings. The van der Waals surface area contributed by atoms with E-state index in [1.54, 1.807) is 48.5 Å². The van der Waals surface area contributed by atoms with Gasteiger partial charge >= 0.3 is 0 Å². The van der Waals surface area contributed by atoms with Crippen molar-refractivity contribution in [2.45, 2.75) is 5.92 Å². The number of fused-ring (bicyclic) bond motifs is 1. The van der Waals surface area contributed by atoms with E-state index >= 15 is 0 Å². The fourth-order valence-corrected chi connectivity index (χ4v) is 4.12. The Hall–Kier alpha value is -4.51. The average Bonchev–Trinajstić information content (AvgIpc) is 3.11. The Morgan fingerprint density at radius 3 is 1.55 bits per heavy atom. The Kier molecular flexibility index (Phi) is 5.29. The van der Waals surface area contributed by atoms with Crippen LogP contribution in [0.5, 0.6) is 0 Å². The molecule has 4 aromatic rings. The lowest BCUT2D eigenvalue weighted by atomic mass is 9.90. The molecule has 0 radical (unpaired) electrons. The van der Waals surface area contributed by atoms with E-state index in [1.165, 1.54) is 0 Å². The van der Waals surface area contributed by atoms with E-state index in [-0.39, 0.29) is 17.7 Å². The number of amides is 3. The molecule has 0 saturated carbocycles. The number of anilines is 2. The summed E-state index contributed by atoms with van der Waals surface area (Å²) < 4.78 is 0. The van der Waals surface area contributed by atoms with Crippen molar-refractivity contribution in [3.05, 3.63) is 131 Å². The van der Waals surface area contributed by atoms with Crippen molar-refractivity contribution < 1.29 is 14.4 Å². The second-order valence-corrected chi connectivity index (χ2v) is 7.78. The van der Waals surface area contributed by atoms with Gasteiger partial charge in [-0.2, -0.15) is 0 Å². The van der Waals surface area contributed by atoms with Crippen LogP contribution >= 0.6 is 0 Å². The second-order valence-electron chi connectivity index (χ2n) is 7.78. The Labute approximate surface area is 191 Å². The Morgan fingerprint density at radius 1 is 0.606 bits per heavy atom. The summed E-state index contributed by atoms with van der Waals surface area (Å²) in [5.41, 5.74) is 3.62. The molecule has 1 heterocycles. The number of hydrogen-bond acceptors (Lipinski definition) is 3. The molecule has 0 spiro atoms. The van der Waals surface area contributed by atoms with Crippen LogP contribution in [0.2, 0.25) is 0 Å². The fourth-order valence-electron chi connectivity index (χ4n) is 4.12. The first-order chi connectivity index (χ1) is 16.1. The molecule has 0 fully saturated rings. The third kappa shape index (κ3) is 3.81. The molecule has 3 amide bonds. The molecule has 5 nitrogen and oxygen atoms in total. The summed E-state index contributed by atoms with van der Waals surface area (Å²) in [5, 5.41) is 2.97. The number of nitrogens with one attached hydrogen (secondary N) is 1. The maximum Gasteiger partial charge on any atom is 0.266 e. The van der Waals surface area contributed by atoms with E-state index in [0.29, 0.717) is 22.5 Å². The van der Waals surface area contributed by atoms with Gasteiger partial charge in [-0.05, 0) is 47.5 Å². The van der Waals surface area contributed by atoms with Gasteiger partial charge in [-0.25, -0.2) is 4.90 Å². The lowest BCUT2D eigenvalue weighted by molar-refractivity contribution is -0.116. The molecule has 5 heteroatoms. The maximum absolute atomic E-state index is 13.3. The number of benzene rings is 4. The van der Waals surface area contributed by atoms with Crippen LogP contribution in [0.25, 0.3) is 0 Å². The smallest absolute Gasteiger partial charge is 0.266 e. The Balaban J connectivity index is 1.38. The van der Waals surface area contributed by atoms with Crippen molar-refractivity contribution >= 4 is 29.1 Å². The fraction of sp³-hybridized carbons (Fsp3) is 0.0357. The van der Waals surface area contributed by atoms with E-state index in [9.17, 15) is 14.4 Å². The SMILES string of the molecule is O=C(Nc1ccc(N2C(=O)c3ccccc3C2=O)cc1)C(c1ccccc1)c1ccccc1. The van der Waals surface area contributed by atoms with Gasteiger partial charge in [-0.3, -0.25) is 14.4 Å². The zero-order chi connectivity index (χ0) is 22.8. The average molecular weight is 432 g/mol. The van der Waals surface area contributed by atoms with Crippen molar-refractivity contribution in [3.8, 4) is 0 Å². The van der Waals surface area contributed by atoms with Gasteiger partial charge < -0.3 is 5.32 Å². The number of rotatable bonds is 5. The molecule has 1 aliphatic heterocycles. The van der Waals surface area contributed by atoms with Crippen LogP contribution < -0.4 is 10.2 Å². The summed E-state index contributed by atoms with van der Waals surface area (Å²) in [6.07, 6.45) is 0. The molecule has 0 unspecified atom stereocenters. The Morgan fingerprint density at radius 2 is 1.06 bits per heavy atom. The normalized spacial score (nSPS) is 12.7. The molecular formula is C28H20N2O3. The third-order valence-corrected chi connectivity index (χ3v) is 5.72. The van der Waals surface area contributed by atoms with Crippen molar-refractivity contribution in [2.24, 2.45) is 0 Å². The second kappa shape index (κ2) is 8.55. The molecule has 1 N–H and O–H groups in total. The predicted molar refractivity (Wildman–Crippen MR) is 127 cm³/mol. The van der Waals surface area contributed by atoms with Crippen molar-refractivity contribution in [3.63, 3.8) is 0 Å². The standard InChI is InChI=1S/C28H20N2O3/c31-26(25(19-9-3-1-4-10-19)20-11-5-2-6-12-20)29-21-15-17-22(18-16-21)30-27(32)23-13-7-8-14-24(23)28(30)33/h1-18,25H,(H,29,31). The summed E-state index contributed by atoms with van der Waals surface area (Å²) in [4.78, 5) is 39.9. The first kappa shape index (κ1) is 20.4. The van der Waals surface area contributed by atoms with Crippen LogP contribution in [0.15, 0.2) is 109 Å². The highest BCUT2D eigenvalue weighted by Crippen LogP contribution is 2.30. The van der Waals surface area contributed by atoms with Gasteiger partial charge in [0.2, 0.25) is 5.91 Å². The van der Waals surface area contributed by atoms with Gasteiger partial charge in [0.05, 0.1) is 22.7 Å². The lowest BCUT2D eigenvalue weighted by Gasteiger charge is -2.19. The first-order valence-electron chi connectivity index (χ1n) is 10.6. The minimum absolute atomic E-state index is 0.166. The van der Waals surface area contributed by atoms with E-state index in [2.05, 4.69) is 5.32 Å². The zero-order valence-corrected chi connectivity index (χ0v) is 17.6. The predicted octanol–water partition coefficient (Wildman–Crippen LogP) is 5.26. The molecule has 0 aliphatic carbocycles. The quantitative estimate of drug-likeness (QED) is 0.438. The number of imide groups is 1. The van der Waals surface area contributed by atoms with E-state index in [0.717, 1.165) is 16.0 Å². The van der Waals surface area contributed by atoms with Gasteiger partial charge in [-0.15, -0.1) is 0 Å². The summed E-state index contributed by atoms with van der Waals surface area (Å²) in [7, 11) is 0. The molecule has 5 rings (SSSR count). The van der Waals surface area contributed by atoms with E-state index in [4.69, 9.17) is 0 Å². The Bertz CT molecular complexity index is 1260. The number of nitrogens with zero attached hydrogens (tertiary/aromatic N) is 1. The van der Waals surface area contributed by atoms with Gasteiger partial charge in [-0.1, -0.05) is 72.8 Å². The van der Waals surface area contributed by atoms with Crippen molar-refractivity contribution in [1.82, 2.24) is 0 Å². The molecule has 0 saturated heterocycles. The number of hydrogen-bond donors (Lipinski definition) is 1. The minimum atomic E-state index is -0.469. The van der Waals surface area contributed by atoms with Crippen LogP contribution in [0.4, 0.5) is 11.4 Å². The van der Waals surface area contributed by atoms with Crippen molar-refractivity contribution in [2.75, 3.05) is 10.2 Å². The summed E-state index contributed by atoms with van der Waals surface area (Å²) >= 11 is 0. The van der Waals surface area contributed by atoms with Crippen LogP contribution in [-0.2, 0) is 4.79 Å². The molecule has 33 heavy (non-hydrogen) atoms. The molecular weight excluding hydrogens is 412 g/mol. The van der Waals surface area contributed by atoms with Crippen LogP contribution in [0, 0.1) is 0 Å². The number of carbonyl (C=O) groups is 3. The first-order valence-corrected chi connectivity index (χ1v) is 10.6. The molecule has 0 bridgehead atoms. The highest BCUT2D eigenvalue weighted by molar-refractivity contribution is 6.34. The maximum atomic E-state index is 13.3. The van der Waals surface area contributed by atoms with Crippen LogP contribution in [-0.4, -0.2) is 17.7 Å². The molecule has 0 aromatic heterocycles. The van der Waals surface area contributed by atoms with Gasteiger partial charge in [0.1, 0.15) is 0 Å². The topological polar surface area (TPSA) is 66.5 Å². The van der Waals surface area contributed by atoms with E-state index < -0.39 is 5.92 Å². The third-order valence-electron chi connectivity index (χ3n) is 5.72. The summed E-state index contributed by atoms with van der Waals surface area (Å²) in [6, 6.07) is 32.7. The lowest BCUT2D eigenvalue weighted by Crippen LogP contribution is -2.29. The molecule has 0 atom stereocenters. The van der Waals surface area contributed by atoms with Gasteiger partial charge in [0.15, 0.2) is 0 Å². The summed E-state index contributed by atoms with van der Waals surface area (Å²) in [5.74, 6) is -1.33. The highest BCUT2D eigenvalue weighted by atomic mass is 16.2. The van der Waals surface area contributed by atoms with Crippen LogP contribution in [0.1, 0.15) is 37.8 Å². The highest BCUT2D eigenvalue weighted by Gasteiger charge is 2.36. The zero-order valence-electron chi connectivity index (χ0n) is 17.6. The van der Waals surface area contributed by atoms with E-state index in [1.807, 2.05) is 60.7 Å². The minimum Gasteiger partial charge on any atom is -0.325 e. The summed E-state index contributed by atoms with van der Waals surface area (Å²) in [6.45, 7) is 0. The van der Waals surface area contributed by atoms with Gasteiger partial charge in [0.25, 0.3) is 11.8 Å².